The molecular weight excluding hydrogens is 464 g/mol. The minimum Gasteiger partial charge on any atom is -0.477 e. The van der Waals surface area contributed by atoms with Crippen LogP contribution in [0.4, 0.5) is 8.78 Å². The Hall–Kier alpha value is -3.27. The molecule has 186 valence electrons. The number of hydrogen-bond acceptors (Lipinski definition) is 7. The number of fused-ring (bicyclic) bond motifs is 1. The van der Waals surface area contributed by atoms with Crippen molar-refractivity contribution in [2.24, 2.45) is 10.9 Å². The lowest BCUT2D eigenvalue weighted by atomic mass is 9.83. The number of carbonyl (C=O) groups is 1. The number of aromatic nitrogens is 1. The Balaban J connectivity index is 1.61. The summed E-state index contributed by atoms with van der Waals surface area (Å²) in [6.07, 6.45) is 1.96. The quantitative estimate of drug-likeness (QED) is 0.572. The van der Waals surface area contributed by atoms with Crippen molar-refractivity contribution >= 4 is 28.6 Å². The van der Waals surface area contributed by atoms with E-state index in [1.54, 1.807) is 10.6 Å². The lowest BCUT2D eigenvalue weighted by Gasteiger charge is -2.35. The summed E-state index contributed by atoms with van der Waals surface area (Å²) in [5, 5.41) is 10.7. The summed E-state index contributed by atoms with van der Waals surface area (Å²) in [7, 11) is 0. The fraction of sp³-hybridized carbons (Fsp3) is 0.500. The van der Waals surface area contributed by atoms with Crippen LogP contribution in [0, 0.1) is 5.92 Å². The molecule has 1 aromatic heterocycles. The molecule has 9 nitrogen and oxygen atoms in total. The van der Waals surface area contributed by atoms with Crippen LogP contribution in [0.5, 0.6) is 0 Å². The number of benzene rings is 1. The van der Waals surface area contributed by atoms with Crippen molar-refractivity contribution in [2.45, 2.75) is 56.8 Å². The van der Waals surface area contributed by atoms with Crippen LogP contribution in [0.15, 0.2) is 35.1 Å². The second-order valence-corrected chi connectivity index (χ2v) is 9.78. The van der Waals surface area contributed by atoms with E-state index >= 15 is 0 Å². The highest BCUT2D eigenvalue weighted by molar-refractivity contribution is 6.01. The summed E-state index contributed by atoms with van der Waals surface area (Å²) in [4.78, 5) is 32.4. The number of carboxylic acids is 1. The van der Waals surface area contributed by atoms with E-state index < -0.39 is 24.0 Å². The Bertz CT molecular complexity index is 1270. The van der Waals surface area contributed by atoms with Gasteiger partial charge in [-0.1, -0.05) is 6.07 Å². The largest absolute Gasteiger partial charge is 0.477 e. The van der Waals surface area contributed by atoms with Crippen molar-refractivity contribution in [1.82, 2.24) is 10.0 Å². The van der Waals surface area contributed by atoms with Gasteiger partial charge < -0.3 is 24.0 Å². The maximum atomic E-state index is 12.8. The number of alkyl halides is 2. The third kappa shape index (κ3) is 4.09. The molecule has 2 aliphatic heterocycles. The number of carboxylic acid groups (broad SMARTS) is 1. The van der Waals surface area contributed by atoms with E-state index in [9.17, 15) is 23.5 Å². The van der Waals surface area contributed by atoms with Crippen LogP contribution in [0.2, 0.25) is 0 Å². The van der Waals surface area contributed by atoms with Gasteiger partial charge in [-0.05, 0) is 62.8 Å². The fourth-order valence-electron chi connectivity index (χ4n) is 5.44. The number of rotatable bonds is 7. The second-order valence-electron chi connectivity index (χ2n) is 9.78. The molecule has 2 fully saturated rings. The molecule has 2 aromatic rings. The van der Waals surface area contributed by atoms with Gasteiger partial charge in [0.2, 0.25) is 0 Å². The van der Waals surface area contributed by atoms with E-state index in [-0.39, 0.29) is 42.0 Å². The lowest BCUT2D eigenvalue weighted by molar-refractivity contribution is -0.133. The molecule has 35 heavy (non-hydrogen) atoms. The normalized spacial score (nSPS) is 27.3. The van der Waals surface area contributed by atoms with Crippen LogP contribution in [0.1, 0.15) is 55.1 Å². The van der Waals surface area contributed by atoms with Crippen molar-refractivity contribution < 1.29 is 37.8 Å². The standard InChI is InChI=1S/C24H25F2N3O6/c1-23(2)9-14(5-6-34-23)13-3-4-17-15(7-13)8-18(20(31)32)29(17)24(10-16(24)12-33-22(25)26)21-27-19(11-30)35-28-21/h3-4,7-8,14,16,22H,5-6,9-10,12H2,1-2H3,(H,27,28)(H,31,32)/t14-,16+,24-/m0/s1. The Morgan fingerprint density at radius 3 is 2.83 bits per heavy atom. The molecule has 1 saturated heterocycles. The molecule has 0 unspecified atom stereocenters. The molecule has 0 spiro atoms. The predicted molar refractivity (Wildman–Crippen MR) is 120 cm³/mol. The minimum atomic E-state index is -2.97. The summed E-state index contributed by atoms with van der Waals surface area (Å²) in [5.74, 6) is -0.111. The second kappa shape index (κ2) is 8.44. The fourth-order valence-corrected chi connectivity index (χ4v) is 5.44. The third-order valence-corrected chi connectivity index (χ3v) is 7.06. The van der Waals surface area contributed by atoms with E-state index in [1.165, 1.54) is 5.94 Å². The first-order valence-corrected chi connectivity index (χ1v) is 11.3. The highest BCUT2D eigenvalue weighted by Gasteiger charge is 2.63. The first kappa shape index (κ1) is 23.5. The topological polar surface area (TPSA) is 111 Å². The average molecular weight is 489 g/mol. The van der Waals surface area contributed by atoms with Crippen molar-refractivity contribution in [3.8, 4) is 0 Å². The van der Waals surface area contributed by atoms with E-state index in [0.717, 1.165) is 18.4 Å². The smallest absolute Gasteiger partial charge is 0.352 e. The summed E-state index contributed by atoms with van der Waals surface area (Å²) >= 11 is 0. The Labute approximate surface area is 199 Å². The van der Waals surface area contributed by atoms with E-state index in [1.807, 2.05) is 18.2 Å². The number of aliphatic imine (C=N–C) groups is 1. The average Bonchev–Trinajstić information content (AvgIpc) is 3.16. The summed E-state index contributed by atoms with van der Waals surface area (Å²) < 4.78 is 37.5. The van der Waals surface area contributed by atoms with Gasteiger partial charge in [0, 0.05) is 23.4 Å². The van der Waals surface area contributed by atoms with E-state index in [0.29, 0.717) is 17.5 Å². The number of hydroxylamine groups is 1. The zero-order valence-electron chi connectivity index (χ0n) is 19.2. The molecular formula is C24H25F2N3O6. The van der Waals surface area contributed by atoms with Crippen molar-refractivity contribution in [2.75, 3.05) is 13.2 Å². The number of halogens is 2. The van der Waals surface area contributed by atoms with Gasteiger partial charge in [-0.25, -0.2) is 15.1 Å². The van der Waals surface area contributed by atoms with Crippen LogP contribution in [0.25, 0.3) is 10.9 Å². The molecule has 2 N–H and O–H groups in total. The third-order valence-electron chi connectivity index (χ3n) is 7.06. The number of nitrogens with one attached hydrogen (secondary N) is 1. The molecule has 11 heteroatoms. The van der Waals surface area contributed by atoms with Gasteiger partial charge in [0.05, 0.1) is 12.2 Å². The molecule has 0 amide bonds. The molecule has 1 saturated carbocycles. The number of hydrogen-bond donors (Lipinski definition) is 2. The molecule has 3 heterocycles. The van der Waals surface area contributed by atoms with Crippen LogP contribution >= 0.6 is 0 Å². The summed E-state index contributed by atoms with van der Waals surface area (Å²) in [6.45, 7) is 1.44. The van der Waals surface area contributed by atoms with Crippen molar-refractivity contribution in [1.29, 1.82) is 0 Å². The highest BCUT2D eigenvalue weighted by atomic mass is 19.3. The van der Waals surface area contributed by atoms with Gasteiger partial charge in [-0.2, -0.15) is 13.8 Å². The van der Waals surface area contributed by atoms with E-state index in [2.05, 4.69) is 29.1 Å². The Kier molecular flexibility index (Phi) is 5.66. The van der Waals surface area contributed by atoms with Crippen LogP contribution in [-0.4, -0.2) is 52.8 Å². The van der Waals surface area contributed by atoms with Gasteiger partial charge in [-0.15, -0.1) is 0 Å². The zero-order valence-corrected chi connectivity index (χ0v) is 19.2. The minimum absolute atomic E-state index is 0.0305. The molecule has 3 aliphatic rings. The van der Waals surface area contributed by atoms with Crippen LogP contribution < -0.4 is 5.48 Å². The van der Waals surface area contributed by atoms with Gasteiger partial charge >= 0.3 is 18.5 Å². The number of nitrogens with zero attached hydrogens (tertiary/aromatic N) is 2. The van der Waals surface area contributed by atoms with Crippen molar-refractivity contribution in [3.63, 3.8) is 0 Å². The van der Waals surface area contributed by atoms with Gasteiger partial charge in [0.25, 0.3) is 0 Å². The number of ether oxygens (including phenoxy) is 2. The van der Waals surface area contributed by atoms with Gasteiger partial charge in [0.1, 0.15) is 11.2 Å². The van der Waals surface area contributed by atoms with Crippen molar-refractivity contribution in [3.05, 3.63) is 41.4 Å². The first-order valence-electron chi connectivity index (χ1n) is 11.3. The van der Waals surface area contributed by atoms with Gasteiger partial charge in [0.15, 0.2) is 11.8 Å². The van der Waals surface area contributed by atoms with Crippen LogP contribution in [0.3, 0.4) is 0 Å². The number of amidine groups is 1. The summed E-state index contributed by atoms with van der Waals surface area (Å²) in [6, 6.07) is 7.36. The molecule has 1 aliphatic carbocycles. The maximum Gasteiger partial charge on any atom is 0.352 e. The summed E-state index contributed by atoms with van der Waals surface area (Å²) in [5.41, 5.74) is 2.79. The monoisotopic (exact) mass is 489 g/mol. The molecule has 3 atom stereocenters. The number of carbonyl (C=O) groups excluding carboxylic acids is 1. The Morgan fingerprint density at radius 2 is 2.17 bits per heavy atom. The number of aromatic carboxylic acids is 1. The molecule has 1 aromatic carbocycles. The Morgan fingerprint density at radius 1 is 1.37 bits per heavy atom. The SMILES string of the molecule is CC1(C)C[C@@H](c2ccc3c(c2)cc(C(=O)O)n3[C@@]2(C3=NC(=C=O)ON3)C[C@@H]2COC(F)F)CCO1. The van der Waals surface area contributed by atoms with Crippen LogP contribution in [-0.2, 0) is 24.6 Å². The molecule has 0 radical (unpaired) electrons. The van der Waals surface area contributed by atoms with Gasteiger partial charge in [-0.3, -0.25) is 0 Å². The first-order chi connectivity index (χ1) is 16.6. The molecule has 5 rings (SSSR count). The maximum absolute atomic E-state index is 12.8. The molecule has 0 bridgehead atoms. The van der Waals surface area contributed by atoms with E-state index in [4.69, 9.17) is 9.57 Å². The zero-order chi connectivity index (χ0) is 25.0. The predicted octanol–water partition coefficient (Wildman–Crippen LogP) is 3.57. The lowest BCUT2D eigenvalue weighted by Crippen LogP contribution is -2.39. The highest BCUT2D eigenvalue weighted by Crippen LogP contribution is 2.54.